The van der Waals surface area contributed by atoms with Crippen LogP contribution in [0, 0.1) is 19.3 Å². The van der Waals surface area contributed by atoms with Crippen molar-refractivity contribution in [3.8, 4) is 0 Å². The molecule has 2 saturated heterocycles. The molecule has 0 saturated carbocycles. The molecule has 0 aliphatic carbocycles. The van der Waals surface area contributed by atoms with E-state index in [4.69, 9.17) is 0 Å². The second-order valence-electron chi connectivity index (χ2n) is 9.09. The summed E-state index contributed by atoms with van der Waals surface area (Å²) in [6.45, 7) is 12.3. The predicted octanol–water partition coefficient (Wildman–Crippen LogP) is 2.99. The number of benzene rings is 1. The van der Waals surface area contributed by atoms with Crippen molar-refractivity contribution >= 4 is 17.5 Å². The van der Waals surface area contributed by atoms with Gasteiger partial charge in [0.25, 0.3) is 0 Å². The Morgan fingerprint density at radius 1 is 1.12 bits per heavy atom. The molecule has 0 bridgehead atoms. The minimum atomic E-state index is -0.529. The molecule has 142 valence electrons. The number of carbonyl (C=O) groups excluding carboxylic acids is 2. The molecule has 1 N–H and O–H groups in total. The van der Waals surface area contributed by atoms with Crippen LogP contribution >= 0.6 is 0 Å². The van der Waals surface area contributed by atoms with E-state index in [1.165, 1.54) is 11.1 Å². The van der Waals surface area contributed by atoms with Gasteiger partial charge in [-0.25, -0.2) is 0 Å². The molecule has 3 rings (SSSR count). The number of rotatable bonds is 2. The molecule has 5 nitrogen and oxygen atoms in total. The molecule has 2 heterocycles. The van der Waals surface area contributed by atoms with Gasteiger partial charge in [-0.15, -0.1) is 0 Å². The number of nitrogens with one attached hydrogen (secondary N) is 1. The Morgan fingerprint density at radius 3 is 2.23 bits per heavy atom. The van der Waals surface area contributed by atoms with Crippen LogP contribution < -0.4 is 10.2 Å². The summed E-state index contributed by atoms with van der Waals surface area (Å²) in [5.41, 5.74) is 2.95. The minimum Gasteiger partial charge on any atom is -0.342 e. The monoisotopic (exact) mass is 357 g/mol. The quantitative estimate of drug-likeness (QED) is 0.885. The van der Waals surface area contributed by atoms with Crippen molar-refractivity contribution < 1.29 is 9.59 Å². The lowest BCUT2D eigenvalue weighted by Gasteiger charge is -2.43. The molecule has 0 unspecified atom stereocenters. The fraction of sp³-hybridized carbons (Fsp3) is 0.619. The van der Waals surface area contributed by atoms with Crippen LogP contribution in [0.25, 0.3) is 0 Å². The lowest BCUT2D eigenvalue weighted by Crippen LogP contribution is -2.57. The highest BCUT2D eigenvalue weighted by molar-refractivity contribution is 5.94. The first-order chi connectivity index (χ1) is 12.1. The Bertz CT molecular complexity index is 692. The number of carbonyl (C=O) groups is 2. The number of aryl methyl sites for hydroxylation is 2. The van der Waals surface area contributed by atoms with Gasteiger partial charge in [0.15, 0.2) is 0 Å². The number of likely N-dealkylation sites (tertiary alicyclic amines) is 1. The van der Waals surface area contributed by atoms with Crippen LogP contribution in [0.5, 0.6) is 0 Å². The van der Waals surface area contributed by atoms with Gasteiger partial charge >= 0.3 is 0 Å². The number of nitrogens with zero attached hydrogens (tertiary/aromatic N) is 2. The molecular weight excluding hydrogens is 326 g/mol. The van der Waals surface area contributed by atoms with E-state index in [1.807, 2.05) is 4.90 Å². The fourth-order valence-electron chi connectivity index (χ4n) is 4.22. The van der Waals surface area contributed by atoms with Gasteiger partial charge in [0.05, 0.1) is 6.67 Å². The highest BCUT2D eigenvalue weighted by Gasteiger charge is 2.50. The zero-order valence-electron chi connectivity index (χ0n) is 16.7. The van der Waals surface area contributed by atoms with E-state index in [-0.39, 0.29) is 17.2 Å². The molecule has 0 atom stereocenters. The van der Waals surface area contributed by atoms with Gasteiger partial charge in [-0.2, -0.15) is 0 Å². The SMILES string of the molecule is Cc1cc(C)cc(N2CNC(=O)C23CCN(C(=O)CC(C)(C)C)CC3)c1. The Labute approximate surface area is 156 Å². The molecule has 0 aromatic heterocycles. The van der Waals surface area contributed by atoms with Gasteiger partial charge < -0.3 is 15.1 Å². The maximum absolute atomic E-state index is 12.8. The highest BCUT2D eigenvalue weighted by atomic mass is 16.2. The molecule has 5 heteroatoms. The van der Waals surface area contributed by atoms with Gasteiger partial charge in [-0.05, 0) is 55.4 Å². The van der Waals surface area contributed by atoms with Crippen molar-refractivity contribution in [1.29, 1.82) is 0 Å². The van der Waals surface area contributed by atoms with Gasteiger partial charge in [-0.3, -0.25) is 9.59 Å². The second kappa shape index (κ2) is 6.60. The van der Waals surface area contributed by atoms with E-state index in [0.717, 1.165) is 5.69 Å². The number of amides is 2. The zero-order valence-corrected chi connectivity index (χ0v) is 16.7. The van der Waals surface area contributed by atoms with Crippen molar-refractivity contribution in [2.45, 2.75) is 59.4 Å². The van der Waals surface area contributed by atoms with Crippen molar-refractivity contribution in [1.82, 2.24) is 10.2 Å². The smallest absolute Gasteiger partial charge is 0.247 e. The Morgan fingerprint density at radius 2 is 1.69 bits per heavy atom. The summed E-state index contributed by atoms with van der Waals surface area (Å²) in [4.78, 5) is 29.4. The van der Waals surface area contributed by atoms with Crippen LogP contribution in [0.1, 0.15) is 51.2 Å². The lowest BCUT2D eigenvalue weighted by molar-refractivity contribution is -0.136. The first-order valence-electron chi connectivity index (χ1n) is 9.53. The highest BCUT2D eigenvalue weighted by Crippen LogP contribution is 2.37. The summed E-state index contributed by atoms with van der Waals surface area (Å²) in [5, 5.41) is 3.03. The van der Waals surface area contributed by atoms with E-state index in [9.17, 15) is 9.59 Å². The molecule has 2 amide bonds. The van der Waals surface area contributed by atoms with Crippen LogP contribution in [0.15, 0.2) is 18.2 Å². The van der Waals surface area contributed by atoms with Gasteiger partial charge in [-0.1, -0.05) is 26.8 Å². The molecule has 1 spiro atoms. The normalized spacial score (nSPS) is 19.8. The topological polar surface area (TPSA) is 52.7 Å². The zero-order chi connectivity index (χ0) is 19.1. The third-order valence-corrected chi connectivity index (χ3v) is 5.48. The summed E-state index contributed by atoms with van der Waals surface area (Å²) in [6.07, 6.45) is 1.91. The summed E-state index contributed by atoms with van der Waals surface area (Å²) in [5.74, 6) is 0.295. The average Bonchev–Trinajstić information content (AvgIpc) is 2.82. The third kappa shape index (κ3) is 3.57. The fourth-order valence-corrected chi connectivity index (χ4v) is 4.22. The molecule has 2 aliphatic heterocycles. The maximum atomic E-state index is 12.8. The van der Waals surface area contributed by atoms with Crippen LogP contribution in [0.2, 0.25) is 0 Å². The average molecular weight is 357 g/mol. The Balaban J connectivity index is 1.78. The Hall–Kier alpha value is -2.04. The van der Waals surface area contributed by atoms with Crippen LogP contribution in [0.4, 0.5) is 5.69 Å². The first-order valence-corrected chi connectivity index (χ1v) is 9.53. The largest absolute Gasteiger partial charge is 0.342 e. The number of piperidine rings is 1. The first kappa shape index (κ1) is 18.7. The molecule has 1 aromatic carbocycles. The molecule has 2 aliphatic rings. The third-order valence-electron chi connectivity index (χ3n) is 5.48. The van der Waals surface area contributed by atoms with Crippen LogP contribution in [-0.2, 0) is 9.59 Å². The molecule has 2 fully saturated rings. The van der Waals surface area contributed by atoms with Crippen molar-refractivity contribution in [3.05, 3.63) is 29.3 Å². The summed E-state index contributed by atoms with van der Waals surface area (Å²) < 4.78 is 0. The second-order valence-corrected chi connectivity index (χ2v) is 9.09. The molecule has 0 radical (unpaired) electrons. The summed E-state index contributed by atoms with van der Waals surface area (Å²) in [7, 11) is 0. The van der Waals surface area contributed by atoms with E-state index in [0.29, 0.717) is 39.0 Å². The van der Waals surface area contributed by atoms with Crippen molar-refractivity contribution in [2.75, 3.05) is 24.7 Å². The number of hydrogen-bond acceptors (Lipinski definition) is 3. The molecular formula is C21H31N3O2. The van der Waals surface area contributed by atoms with Gasteiger partial charge in [0.1, 0.15) is 5.54 Å². The Kier molecular flexibility index (Phi) is 4.76. The van der Waals surface area contributed by atoms with Gasteiger partial charge in [0, 0.05) is 25.2 Å². The van der Waals surface area contributed by atoms with E-state index in [1.54, 1.807) is 0 Å². The molecule has 26 heavy (non-hydrogen) atoms. The molecule has 1 aromatic rings. The van der Waals surface area contributed by atoms with E-state index in [2.05, 4.69) is 63.0 Å². The van der Waals surface area contributed by atoms with Crippen molar-refractivity contribution in [3.63, 3.8) is 0 Å². The predicted molar refractivity (Wildman–Crippen MR) is 104 cm³/mol. The van der Waals surface area contributed by atoms with E-state index >= 15 is 0 Å². The number of hydrogen-bond donors (Lipinski definition) is 1. The lowest BCUT2D eigenvalue weighted by atomic mass is 9.84. The standard InChI is InChI=1S/C21H31N3O2/c1-15-10-16(2)12-17(11-15)24-14-22-19(26)21(24)6-8-23(9-7-21)18(25)13-20(3,4)5/h10-12H,6-9,13-14H2,1-5H3,(H,22,26). The van der Waals surface area contributed by atoms with Crippen LogP contribution in [0.3, 0.4) is 0 Å². The maximum Gasteiger partial charge on any atom is 0.247 e. The van der Waals surface area contributed by atoms with Crippen LogP contribution in [-0.4, -0.2) is 42.0 Å². The van der Waals surface area contributed by atoms with Crippen molar-refractivity contribution in [2.24, 2.45) is 5.41 Å². The minimum absolute atomic E-state index is 0.0118. The summed E-state index contributed by atoms with van der Waals surface area (Å²) in [6, 6.07) is 6.44. The van der Waals surface area contributed by atoms with Gasteiger partial charge in [0.2, 0.25) is 11.8 Å². The number of anilines is 1. The van der Waals surface area contributed by atoms with E-state index < -0.39 is 5.54 Å². The summed E-state index contributed by atoms with van der Waals surface area (Å²) >= 11 is 0.